The molecule has 0 fully saturated rings. The molecule has 0 bridgehead atoms. The molecule has 5 nitrogen and oxygen atoms in total. The van der Waals surface area contributed by atoms with Crippen LogP contribution >= 0.6 is 11.6 Å². The molecule has 1 amide bonds. The fourth-order valence-corrected chi connectivity index (χ4v) is 1.29. The highest BCUT2D eigenvalue weighted by atomic mass is 35.5. The van der Waals surface area contributed by atoms with Gasteiger partial charge in [-0.25, -0.2) is 8.78 Å². The SMILES string of the molecule is O=C(NCC(F)F)c1cc(Cl)ccc1[N+](=O)[O-]. The highest BCUT2D eigenvalue weighted by Crippen LogP contribution is 2.22. The van der Waals surface area contributed by atoms with Crippen molar-refractivity contribution in [2.75, 3.05) is 6.54 Å². The Morgan fingerprint density at radius 1 is 1.53 bits per heavy atom. The van der Waals surface area contributed by atoms with Gasteiger partial charge in [-0.1, -0.05) is 11.6 Å². The third-order valence-electron chi connectivity index (χ3n) is 1.82. The number of alkyl halides is 2. The number of carbonyl (C=O) groups excluding carboxylic acids is 1. The predicted octanol–water partition coefficient (Wildman–Crippen LogP) is 2.24. The lowest BCUT2D eigenvalue weighted by atomic mass is 10.1. The van der Waals surface area contributed by atoms with E-state index in [0.717, 1.165) is 12.1 Å². The van der Waals surface area contributed by atoms with Crippen LogP contribution < -0.4 is 5.32 Å². The molecule has 0 aliphatic carbocycles. The van der Waals surface area contributed by atoms with E-state index in [2.05, 4.69) is 0 Å². The molecule has 17 heavy (non-hydrogen) atoms. The lowest BCUT2D eigenvalue weighted by Crippen LogP contribution is -2.29. The van der Waals surface area contributed by atoms with Crippen LogP contribution in [0.15, 0.2) is 18.2 Å². The molecule has 0 aliphatic heterocycles. The van der Waals surface area contributed by atoms with Gasteiger partial charge in [0.15, 0.2) is 0 Å². The predicted molar refractivity (Wildman–Crippen MR) is 56.4 cm³/mol. The van der Waals surface area contributed by atoms with E-state index >= 15 is 0 Å². The number of hydrogen-bond donors (Lipinski definition) is 1. The Bertz CT molecular complexity index is 454. The first-order chi connectivity index (χ1) is 7.91. The quantitative estimate of drug-likeness (QED) is 0.669. The number of benzene rings is 1. The number of halogens is 3. The Labute approximate surface area is 99.5 Å². The number of nitro benzene ring substituents is 1. The number of carbonyl (C=O) groups is 1. The molecule has 8 heteroatoms. The second kappa shape index (κ2) is 5.53. The molecule has 0 spiro atoms. The highest BCUT2D eigenvalue weighted by Gasteiger charge is 2.20. The maximum atomic E-state index is 11.9. The minimum atomic E-state index is -2.72. The van der Waals surface area contributed by atoms with E-state index in [4.69, 9.17) is 11.6 Å². The normalized spacial score (nSPS) is 10.4. The second-order valence-corrected chi connectivity index (χ2v) is 3.46. The van der Waals surface area contributed by atoms with E-state index in [0.29, 0.717) is 0 Å². The zero-order chi connectivity index (χ0) is 13.0. The summed E-state index contributed by atoms with van der Waals surface area (Å²) in [6.45, 7) is -0.873. The summed E-state index contributed by atoms with van der Waals surface area (Å²) in [6, 6.07) is 3.34. The van der Waals surface area contributed by atoms with Crippen molar-refractivity contribution >= 4 is 23.2 Å². The van der Waals surface area contributed by atoms with E-state index in [9.17, 15) is 23.7 Å². The summed E-state index contributed by atoms with van der Waals surface area (Å²) < 4.78 is 23.7. The maximum absolute atomic E-state index is 11.9. The van der Waals surface area contributed by atoms with Crippen molar-refractivity contribution in [3.05, 3.63) is 38.9 Å². The van der Waals surface area contributed by atoms with E-state index in [-0.39, 0.29) is 10.6 Å². The van der Waals surface area contributed by atoms with Gasteiger partial charge in [-0.3, -0.25) is 14.9 Å². The first-order valence-corrected chi connectivity index (χ1v) is 4.80. The Hall–Kier alpha value is -1.76. The van der Waals surface area contributed by atoms with E-state index in [1.54, 1.807) is 0 Å². The maximum Gasteiger partial charge on any atom is 0.282 e. The van der Waals surface area contributed by atoms with Crippen molar-refractivity contribution in [1.29, 1.82) is 0 Å². The van der Waals surface area contributed by atoms with Crippen LogP contribution in [0.3, 0.4) is 0 Å². The third kappa shape index (κ3) is 3.63. The van der Waals surface area contributed by atoms with Gasteiger partial charge in [0.1, 0.15) is 5.56 Å². The van der Waals surface area contributed by atoms with Crippen molar-refractivity contribution in [2.45, 2.75) is 6.43 Å². The third-order valence-corrected chi connectivity index (χ3v) is 2.05. The van der Waals surface area contributed by atoms with Crippen molar-refractivity contribution in [1.82, 2.24) is 5.32 Å². The largest absolute Gasteiger partial charge is 0.346 e. The Morgan fingerprint density at radius 2 is 2.18 bits per heavy atom. The van der Waals surface area contributed by atoms with Crippen molar-refractivity contribution in [3.8, 4) is 0 Å². The van der Waals surface area contributed by atoms with Crippen LogP contribution in [0.1, 0.15) is 10.4 Å². The van der Waals surface area contributed by atoms with Crippen molar-refractivity contribution in [2.24, 2.45) is 0 Å². The zero-order valence-electron chi connectivity index (χ0n) is 8.32. The Kier molecular flexibility index (Phi) is 4.33. The van der Waals surface area contributed by atoms with Gasteiger partial charge in [-0.15, -0.1) is 0 Å². The molecule has 1 aromatic carbocycles. The van der Waals surface area contributed by atoms with Crippen molar-refractivity contribution in [3.63, 3.8) is 0 Å². The van der Waals surface area contributed by atoms with E-state index in [1.807, 2.05) is 5.32 Å². The van der Waals surface area contributed by atoms with Crippen LogP contribution in [0.5, 0.6) is 0 Å². The van der Waals surface area contributed by atoms with Gasteiger partial charge < -0.3 is 5.32 Å². The molecule has 1 N–H and O–H groups in total. The van der Waals surface area contributed by atoms with Gasteiger partial charge in [0, 0.05) is 11.1 Å². The lowest BCUT2D eigenvalue weighted by molar-refractivity contribution is -0.385. The monoisotopic (exact) mass is 264 g/mol. The van der Waals surface area contributed by atoms with Crippen molar-refractivity contribution < 1.29 is 18.5 Å². The fourth-order valence-electron chi connectivity index (χ4n) is 1.11. The first kappa shape index (κ1) is 13.3. The summed E-state index contributed by atoms with van der Waals surface area (Å²) in [4.78, 5) is 21.2. The van der Waals surface area contributed by atoms with Gasteiger partial charge in [-0.2, -0.15) is 0 Å². The van der Waals surface area contributed by atoms with Crippen LogP contribution in [-0.4, -0.2) is 23.8 Å². The first-order valence-electron chi connectivity index (χ1n) is 4.42. The molecule has 0 atom stereocenters. The topological polar surface area (TPSA) is 72.2 Å². The van der Waals surface area contributed by atoms with Crippen LogP contribution in [0.25, 0.3) is 0 Å². The number of amides is 1. The second-order valence-electron chi connectivity index (χ2n) is 3.02. The standard InChI is InChI=1S/C9H7ClF2N2O3/c10-5-1-2-7(14(16)17)6(3-5)9(15)13-4-8(11)12/h1-3,8H,4H2,(H,13,15). The molecule has 1 aromatic rings. The zero-order valence-corrected chi connectivity index (χ0v) is 9.08. The molecule has 92 valence electrons. The minimum absolute atomic E-state index is 0.109. The minimum Gasteiger partial charge on any atom is -0.346 e. The van der Waals surface area contributed by atoms with Gasteiger partial charge in [0.25, 0.3) is 18.0 Å². The molecule has 0 heterocycles. The summed E-state index contributed by atoms with van der Waals surface area (Å²) in [5.74, 6) is -0.959. The van der Waals surface area contributed by atoms with Crippen LogP contribution in [0.2, 0.25) is 5.02 Å². The summed E-state index contributed by atoms with van der Waals surface area (Å²) in [6.07, 6.45) is -2.72. The summed E-state index contributed by atoms with van der Waals surface area (Å²) >= 11 is 5.58. The average Bonchev–Trinajstić information content (AvgIpc) is 2.25. The molecule has 0 saturated carbocycles. The number of hydrogen-bond acceptors (Lipinski definition) is 3. The van der Waals surface area contributed by atoms with Gasteiger partial charge in [-0.05, 0) is 12.1 Å². The number of nitrogens with one attached hydrogen (secondary N) is 1. The lowest BCUT2D eigenvalue weighted by Gasteiger charge is -2.05. The molecule has 0 radical (unpaired) electrons. The molecule has 0 aromatic heterocycles. The van der Waals surface area contributed by atoms with Gasteiger partial charge in [0.05, 0.1) is 11.5 Å². The molecule has 0 aliphatic rings. The van der Waals surface area contributed by atoms with Crippen LogP contribution in [0, 0.1) is 10.1 Å². The van der Waals surface area contributed by atoms with Gasteiger partial charge in [0.2, 0.25) is 0 Å². The summed E-state index contributed by atoms with van der Waals surface area (Å²) in [5.41, 5.74) is -0.829. The Morgan fingerprint density at radius 3 is 2.71 bits per heavy atom. The molecular weight excluding hydrogens is 258 g/mol. The molecular formula is C9H7ClF2N2O3. The fraction of sp³-hybridized carbons (Fsp3) is 0.222. The number of rotatable bonds is 4. The molecule has 1 rings (SSSR count). The number of nitrogens with zero attached hydrogens (tertiary/aromatic N) is 1. The molecule has 0 unspecified atom stereocenters. The molecule has 0 saturated heterocycles. The highest BCUT2D eigenvalue weighted by molar-refractivity contribution is 6.31. The van der Waals surface area contributed by atoms with Crippen LogP contribution in [0.4, 0.5) is 14.5 Å². The Balaban J connectivity index is 2.98. The van der Waals surface area contributed by atoms with E-state index in [1.165, 1.54) is 6.07 Å². The summed E-state index contributed by atoms with van der Waals surface area (Å²) in [5, 5.41) is 12.6. The van der Waals surface area contributed by atoms with Gasteiger partial charge >= 0.3 is 0 Å². The average molecular weight is 265 g/mol. The van der Waals surface area contributed by atoms with E-state index < -0.39 is 29.5 Å². The number of nitro groups is 1. The smallest absolute Gasteiger partial charge is 0.282 e. The van der Waals surface area contributed by atoms with Crippen LogP contribution in [-0.2, 0) is 0 Å². The summed E-state index contributed by atoms with van der Waals surface area (Å²) in [7, 11) is 0.